The predicted molar refractivity (Wildman–Crippen MR) is 131 cm³/mol. The Kier molecular flexibility index (Phi) is 6.21. The molecular weight excluding hydrogens is 502 g/mol. The van der Waals surface area contributed by atoms with E-state index in [2.05, 4.69) is 40.2 Å². The Morgan fingerprint density at radius 3 is 2.61 bits per heavy atom. The minimum Gasteiger partial charge on any atom is -0.342 e. The third kappa shape index (κ3) is 4.68. The Morgan fingerprint density at radius 2 is 1.85 bits per heavy atom. The second-order valence-corrected chi connectivity index (χ2v) is 10.0. The number of rotatable bonds is 3. The number of halogens is 2. The highest BCUT2D eigenvalue weighted by molar-refractivity contribution is 9.10. The normalized spacial score (nSPS) is 17.9. The second-order valence-electron chi connectivity index (χ2n) is 8.69. The summed E-state index contributed by atoms with van der Waals surface area (Å²) in [6.45, 7) is 1.46. The SMILES string of the molecule is O=C(Cc1cc[n+](O)cc1)N1CCC(C2c3ccc(Cl)cc3C=Cc3cc(Br)cnc32)CC1. The molecule has 1 N–H and O–H groups in total. The molecule has 1 unspecified atom stereocenters. The van der Waals surface area contributed by atoms with Crippen LogP contribution in [0.15, 0.2) is 59.5 Å². The summed E-state index contributed by atoms with van der Waals surface area (Å²) < 4.78 is 1.94. The van der Waals surface area contributed by atoms with Crippen molar-refractivity contribution in [2.45, 2.75) is 25.2 Å². The van der Waals surface area contributed by atoms with Crippen LogP contribution in [0.2, 0.25) is 5.02 Å². The molecule has 168 valence electrons. The maximum Gasteiger partial charge on any atom is 0.226 e. The van der Waals surface area contributed by atoms with Gasteiger partial charge >= 0.3 is 0 Å². The van der Waals surface area contributed by atoms with E-state index in [1.807, 2.05) is 23.2 Å². The fourth-order valence-corrected chi connectivity index (χ4v) is 5.50. The molecule has 2 aliphatic rings. The number of hydrogen-bond donors (Lipinski definition) is 1. The lowest BCUT2D eigenvalue weighted by atomic mass is 9.76. The molecule has 3 heterocycles. The minimum atomic E-state index is 0.126. The molecule has 1 amide bonds. The molecule has 1 fully saturated rings. The molecule has 1 saturated heterocycles. The van der Waals surface area contributed by atoms with Crippen molar-refractivity contribution in [2.24, 2.45) is 5.92 Å². The largest absolute Gasteiger partial charge is 0.342 e. The number of carbonyl (C=O) groups excluding carboxylic acids is 1. The van der Waals surface area contributed by atoms with Gasteiger partial charge in [0.1, 0.15) is 0 Å². The van der Waals surface area contributed by atoms with Crippen molar-refractivity contribution in [2.75, 3.05) is 13.1 Å². The Morgan fingerprint density at radius 1 is 1.12 bits per heavy atom. The van der Waals surface area contributed by atoms with Crippen molar-refractivity contribution in [3.05, 3.63) is 92.4 Å². The summed E-state index contributed by atoms with van der Waals surface area (Å²) in [4.78, 5) is 19.7. The zero-order valence-corrected chi connectivity index (χ0v) is 20.3. The van der Waals surface area contributed by atoms with E-state index in [-0.39, 0.29) is 11.8 Å². The maximum absolute atomic E-state index is 12.9. The van der Waals surface area contributed by atoms with Crippen molar-refractivity contribution in [1.82, 2.24) is 9.88 Å². The molecule has 5 rings (SSSR count). The summed E-state index contributed by atoms with van der Waals surface area (Å²) >= 11 is 9.87. The standard InChI is InChI=1S/C26H24BrClN3O2/c27-21-14-20-2-1-19-15-22(28)3-4-23(19)25(26(20)29-16-21)18-7-9-30(10-8-18)24(32)13-17-5-11-31(33)12-6-17/h1-6,11-12,14-16,18,25,33H,7-10,13H2/q+1. The van der Waals surface area contributed by atoms with Crippen LogP contribution in [0.3, 0.4) is 0 Å². The maximum atomic E-state index is 12.9. The first-order chi connectivity index (χ1) is 16.0. The van der Waals surface area contributed by atoms with Gasteiger partial charge in [-0.2, -0.15) is 0 Å². The highest BCUT2D eigenvalue weighted by Gasteiger charge is 2.34. The molecule has 0 saturated carbocycles. The number of piperidine rings is 1. The van der Waals surface area contributed by atoms with Gasteiger partial charge in [-0.15, -0.1) is 0 Å². The molecule has 2 aromatic heterocycles. The molecule has 0 spiro atoms. The summed E-state index contributed by atoms with van der Waals surface area (Å²) in [5.41, 5.74) is 5.48. The highest BCUT2D eigenvalue weighted by atomic mass is 79.9. The van der Waals surface area contributed by atoms with Gasteiger partial charge in [-0.1, -0.05) is 29.8 Å². The Hall–Kier alpha value is -2.70. The molecule has 33 heavy (non-hydrogen) atoms. The quantitative estimate of drug-likeness (QED) is 0.381. The van der Waals surface area contributed by atoms with Gasteiger partial charge < -0.3 is 4.90 Å². The van der Waals surface area contributed by atoms with E-state index in [4.69, 9.17) is 16.6 Å². The average molecular weight is 526 g/mol. The van der Waals surface area contributed by atoms with Crippen molar-refractivity contribution in [1.29, 1.82) is 0 Å². The van der Waals surface area contributed by atoms with Gasteiger partial charge in [0, 0.05) is 51.6 Å². The smallest absolute Gasteiger partial charge is 0.226 e. The van der Waals surface area contributed by atoms with Crippen LogP contribution < -0.4 is 4.73 Å². The molecule has 1 aromatic carbocycles. The van der Waals surface area contributed by atoms with Gasteiger partial charge in [-0.25, -0.2) is 0 Å². The van der Waals surface area contributed by atoms with Crippen LogP contribution in [-0.4, -0.2) is 34.1 Å². The molecule has 5 nitrogen and oxygen atoms in total. The van der Waals surface area contributed by atoms with Gasteiger partial charge in [0.2, 0.25) is 18.3 Å². The van der Waals surface area contributed by atoms with Crippen LogP contribution in [0, 0.1) is 5.92 Å². The fourth-order valence-electron chi connectivity index (χ4n) is 4.97. The summed E-state index contributed by atoms with van der Waals surface area (Å²) in [6.07, 6.45) is 11.4. The van der Waals surface area contributed by atoms with E-state index >= 15 is 0 Å². The molecule has 1 aliphatic heterocycles. The van der Waals surface area contributed by atoms with Gasteiger partial charge in [0.25, 0.3) is 0 Å². The molecule has 1 aliphatic carbocycles. The number of amides is 1. The lowest BCUT2D eigenvalue weighted by molar-refractivity contribution is -0.904. The highest BCUT2D eigenvalue weighted by Crippen LogP contribution is 2.43. The minimum absolute atomic E-state index is 0.126. The number of hydrogen-bond acceptors (Lipinski definition) is 3. The van der Waals surface area contributed by atoms with Crippen LogP contribution in [-0.2, 0) is 11.2 Å². The van der Waals surface area contributed by atoms with Crippen molar-refractivity contribution >= 4 is 45.6 Å². The Bertz CT molecular complexity index is 1170. The number of carbonyl (C=O) groups is 1. The first-order valence-electron chi connectivity index (χ1n) is 11.1. The summed E-state index contributed by atoms with van der Waals surface area (Å²) in [6, 6.07) is 11.8. The van der Waals surface area contributed by atoms with Gasteiger partial charge in [0.05, 0.1) is 12.1 Å². The predicted octanol–water partition coefficient (Wildman–Crippen LogP) is 5.12. The van der Waals surface area contributed by atoms with Crippen LogP contribution in [0.5, 0.6) is 0 Å². The zero-order valence-electron chi connectivity index (χ0n) is 18.0. The second kappa shape index (κ2) is 9.27. The molecule has 0 radical (unpaired) electrons. The molecule has 0 bridgehead atoms. The van der Waals surface area contributed by atoms with Crippen molar-refractivity contribution in [3.63, 3.8) is 0 Å². The number of nitrogens with zero attached hydrogens (tertiary/aromatic N) is 3. The fraction of sp³-hybridized carbons (Fsp3) is 0.269. The number of benzene rings is 1. The molecule has 1 atom stereocenters. The number of fused-ring (bicyclic) bond motifs is 2. The zero-order chi connectivity index (χ0) is 22.9. The van der Waals surface area contributed by atoms with Gasteiger partial charge in [0.15, 0.2) is 0 Å². The van der Waals surface area contributed by atoms with E-state index < -0.39 is 0 Å². The first-order valence-corrected chi connectivity index (χ1v) is 12.3. The van der Waals surface area contributed by atoms with E-state index in [9.17, 15) is 10.0 Å². The number of aromatic nitrogens is 2. The number of pyridine rings is 2. The van der Waals surface area contributed by atoms with Crippen LogP contribution >= 0.6 is 27.5 Å². The van der Waals surface area contributed by atoms with Crippen LogP contribution in [0.4, 0.5) is 0 Å². The molecule has 3 aromatic rings. The van der Waals surface area contributed by atoms with E-state index in [1.54, 1.807) is 24.5 Å². The first kappa shape index (κ1) is 22.1. The van der Waals surface area contributed by atoms with Crippen LogP contribution in [0.25, 0.3) is 12.2 Å². The van der Waals surface area contributed by atoms with E-state index in [1.165, 1.54) is 5.56 Å². The monoisotopic (exact) mass is 524 g/mol. The van der Waals surface area contributed by atoms with Crippen molar-refractivity contribution < 1.29 is 14.7 Å². The molecule has 7 heteroatoms. The van der Waals surface area contributed by atoms with Gasteiger partial charge in [-0.05, 0) is 75.1 Å². The third-order valence-electron chi connectivity index (χ3n) is 6.64. The Balaban J connectivity index is 1.37. The number of likely N-dealkylation sites (tertiary alicyclic amines) is 1. The summed E-state index contributed by atoms with van der Waals surface area (Å²) in [7, 11) is 0. The Labute approximate surface area is 206 Å². The third-order valence-corrected chi connectivity index (χ3v) is 7.31. The summed E-state index contributed by atoms with van der Waals surface area (Å²) in [5.74, 6) is 0.662. The lowest BCUT2D eigenvalue weighted by Gasteiger charge is -2.37. The average Bonchev–Trinajstić information content (AvgIpc) is 2.97. The topological polar surface area (TPSA) is 57.3 Å². The molecular formula is C26H24BrClN3O2+. The van der Waals surface area contributed by atoms with E-state index in [0.29, 0.717) is 12.3 Å². The van der Waals surface area contributed by atoms with Gasteiger partial charge in [-0.3, -0.25) is 15.0 Å². The van der Waals surface area contributed by atoms with Crippen LogP contribution in [0.1, 0.15) is 46.7 Å². The van der Waals surface area contributed by atoms with E-state index in [0.717, 1.165) is 62.5 Å². The summed E-state index contributed by atoms with van der Waals surface area (Å²) in [5, 5.41) is 10.1. The lowest BCUT2D eigenvalue weighted by Crippen LogP contribution is -2.41. The van der Waals surface area contributed by atoms with Crippen molar-refractivity contribution in [3.8, 4) is 0 Å².